The third kappa shape index (κ3) is 6.25. The highest BCUT2D eigenvalue weighted by Crippen LogP contribution is 2.14. The first-order valence-electron chi connectivity index (χ1n) is 6.58. The number of benzene rings is 1. The minimum atomic E-state index is -0.415. The van der Waals surface area contributed by atoms with Crippen LogP contribution in [0.3, 0.4) is 0 Å². The molecule has 3 N–H and O–H groups in total. The maximum Gasteiger partial charge on any atom is 0.251 e. The lowest BCUT2D eigenvalue weighted by Gasteiger charge is -2.19. The highest BCUT2D eigenvalue weighted by atomic mass is 16.5. The molecule has 4 nitrogen and oxygen atoms in total. The SMILES string of the molecule is CC(C)COc1cccc(C(=O)NCC(C)(C)N)c1. The second-order valence-electron chi connectivity index (χ2n) is 5.90. The van der Waals surface area contributed by atoms with Crippen molar-refractivity contribution in [1.29, 1.82) is 0 Å². The molecule has 1 rings (SSSR count). The van der Waals surface area contributed by atoms with Gasteiger partial charge in [0.25, 0.3) is 5.91 Å². The standard InChI is InChI=1S/C15H24N2O2/c1-11(2)9-19-13-7-5-6-12(8-13)14(18)17-10-15(3,4)16/h5-8,11H,9-10,16H2,1-4H3,(H,17,18). The highest BCUT2D eigenvalue weighted by Gasteiger charge is 2.13. The quantitative estimate of drug-likeness (QED) is 0.827. The number of carbonyl (C=O) groups is 1. The summed E-state index contributed by atoms with van der Waals surface area (Å²) in [5.74, 6) is 1.04. The summed E-state index contributed by atoms with van der Waals surface area (Å²) in [7, 11) is 0. The molecule has 0 heterocycles. The Morgan fingerprint density at radius 3 is 2.68 bits per heavy atom. The molecular weight excluding hydrogens is 240 g/mol. The molecule has 1 amide bonds. The summed E-state index contributed by atoms with van der Waals surface area (Å²) in [5.41, 5.74) is 6.01. The monoisotopic (exact) mass is 264 g/mol. The molecule has 0 atom stereocenters. The molecule has 0 spiro atoms. The molecule has 4 heteroatoms. The second-order valence-corrected chi connectivity index (χ2v) is 5.90. The van der Waals surface area contributed by atoms with Crippen molar-refractivity contribution in [2.24, 2.45) is 11.7 Å². The van der Waals surface area contributed by atoms with Crippen LogP contribution >= 0.6 is 0 Å². The van der Waals surface area contributed by atoms with Crippen molar-refractivity contribution < 1.29 is 9.53 Å². The zero-order chi connectivity index (χ0) is 14.5. The maximum absolute atomic E-state index is 12.0. The van der Waals surface area contributed by atoms with Gasteiger partial charge in [-0.25, -0.2) is 0 Å². The molecule has 19 heavy (non-hydrogen) atoms. The molecule has 1 aromatic carbocycles. The van der Waals surface area contributed by atoms with Crippen LogP contribution < -0.4 is 15.8 Å². The van der Waals surface area contributed by atoms with Crippen molar-refractivity contribution in [2.45, 2.75) is 33.2 Å². The van der Waals surface area contributed by atoms with E-state index in [0.717, 1.165) is 0 Å². The van der Waals surface area contributed by atoms with Crippen molar-refractivity contribution in [3.63, 3.8) is 0 Å². The molecule has 0 aliphatic heterocycles. The molecule has 0 radical (unpaired) electrons. The first kappa shape index (κ1) is 15.5. The zero-order valence-electron chi connectivity index (χ0n) is 12.2. The van der Waals surface area contributed by atoms with Crippen LogP contribution in [-0.4, -0.2) is 24.6 Å². The Labute approximate surface area is 115 Å². The Morgan fingerprint density at radius 2 is 2.11 bits per heavy atom. The van der Waals surface area contributed by atoms with E-state index in [1.165, 1.54) is 0 Å². The average Bonchev–Trinajstić information content (AvgIpc) is 2.33. The maximum atomic E-state index is 12.0. The number of hydrogen-bond acceptors (Lipinski definition) is 3. The van der Waals surface area contributed by atoms with E-state index < -0.39 is 5.54 Å². The fraction of sp³-hybridized carbons (Fsp3) is 0.533. The van der Waals surface area contributed by atoms with E-state index >= 15 is 0 Å². The summed E-state index contributed by atoms with van der Waals surface area (Å²) in [4.78, 5) is 12.0. The van der Waals surface area contributed by atoms with Crippen molar-refractivity contribution >= 4 is 5.91 Å². The van der Waals surface area contributed by atoms with Gasteiger partial charge < -0.3 is 15.8 Å². The lowest BCUT2D eigenvalue weighted by molar-refractivity contribution is 0.0945. The Morgan fingerprint density at radius 1 is 1.42 bits per heavy atom. The molecule has 0 aromatic heterocycles. The predicted octanol–water partition coefficient (Wildman–Crippen LogP) is 2.19. The number of carbonyl (C=O) groups excluding carboxylic acids is 1. The third-order valence-corrected chi connectivity index (χ3v) is 2.38. The van der Waals surface area contributed by atoms with E-state index in [1.807, 2.05) is 26.0 Å². The van der Waals surface area contributed by atoms with Gasteiger partial charge in [-0.2, -0.15) is 0 Å². The number of amides is 1. The fourth-order valence-electron chi connectivity index (χ4n) is 1.40. The molecule has 0 saturated heterocycles. The number of hydrogen-bond donors (Lipinski definition) is 2. The van der Waals surface area contributed by atoms with E-state index in [4.69, 9.17) is 10.5 Å². The van der Waals surface area contributed by atoms with Crippen LogP contribution in [0.25, 0.3) is 0 Å². The van der Waals surface area contributed by atoms with Crippen molar-refractivity contribution in [1.82, 2.24) is 5.32 Å². The Hall–Kier alpha value is -1.55. The Bertz CT molecular complexity index is 422. The van der Waals surface area contributed by atoms with Crippen LogP contribution in [0.1, 0.15) is 38.1 Å². The van der Waals surface area contributed by atoms with Crippen LogP contribution in [0, 0.1) is 5.92 Å². The predicted molar refractivity (Wildman–Crippen MR) is 77.4 cm³/mol. The minimum Gasteiger partial charge on any atom is -0.493 e. The number of ether oxygens (including phenoxy) is 1. The van der Waals surface area contributed by atoms with Gasteiger partial charge in [-0.3, -0.25) is 4.79 Å². The van der Waals surface area contributed by atoms with Crippen molar-refractivity contribution in [2.75, 3.05) is 13.2 Å². The first-order chi connectivity index (χ1) is 8.78. The van der Waals surface area contributed by atoms with Crippen LogP contribution in [0.5, 0.6) is 5.75 Å². The smallest absolute Gasteiger partial charge is 0.251 e. The van der Waals surface area contributed by atoms with E-state index in [-0.39, 0.29) is 5.91 Å². The largest absolute Gasteiger partial charge is 0.493 e. The molecule has 0 fully saturated rings. The van der Waals surface area contributed by atoms with Gasteiger partial charge in [0, 0.05) is 17.6 Å². The van der Waals surface area contributed by atoms with Gasteiger partial charge in [0.2, 0.25) is 0 Å². The Balaban J connectivity index is 2.62. The third-order valence-electron chi connectivity index (χ3n) is 2.38. The van der Waals surface area contributed by atoms with Crippen molar-refractivity contribution in [3.05, 3.63) is 29.8 Å². The highest BCUT2D eigenvalue weighted by molar-refractivity contribution is 5.94. The van der Waals surface area contributed by atoms with E-state index in [1.54, 1.807) is 12.1 Å². The van der Waals surface area contributed by atoms with E-state index in [9.17, 15) is 4.79 Å². The average molecular weight is 264 g/mol. The van der Waals surface area contributed by atoms with E-state index in [2.05, 4.69) is 19.2 Å². The molecule has 0 aliphatic carbocycles. The topological polar surface area (TPSA) is 64.3 Å². The van der Waals surface area contributed by atoms with Crippen LogP contribution in [-0.2, 0) is 0 Å². The van der Waals surface area contributed by atoms with Crippen LogP contribution in [0.4, 0.5) is 0 Å². The fourth-order valence-corrected chi connectivity index (χ4v) is 1.40. The molecule has 0 bridgehead atoms. The summed E-state index contributed by atoms with van der Waals surface area (Å²) < 4.78 is 5.60. The zero-order valence-corrected chi connectivity index (χ0v) is 12.2. The van der Waals surface area contributed by atoms with Gasteiger partial charge in [-0.1, -0.05) is 19.9 Å². The van der Waals surface area contributed by atoms with Crippen LogP contribution in [0.2, 0.25) is 0 Å². The summed E-state index contributed by atoms with van der Waals surface area (Å²) in [6, 6.07) is 7.19. The number of nitrogens with one attached hydrogen (secondary N) is 1. The van der Waals surface area contributed by atoms with Gasteiger partial charge in [-0.15, -0.1) is 0 Å². The van der Waals surface area contributed by atoms with Gasteiger partial charge in [0.05, 0.1) is 6.61 Å². The van der Waals surface area contributed by atoms with Gasteiger partial charge in [-0.05, 0) is 38.0 Å². The molecule has 0 unspecified atom stereocenters. The van der Waals surface area contributed by atoms with Gasteiger partial charge >= 0.3 is 0 Å². The number of nitrogens with two attached hydrogens (primary N) is 1. The molecule has 0 aliphatic rings. The second kappa shape index (κ2) is 6.57. The molecular formula is C15H24N2O2. The first-order valence-corrected chi connectivity index (χ1v) is 6.58. The van der Waals surface area contributed by atoms with Crippen LogP contribution in [0.15, 0.2) is 24.3 Å². The summed E-state index contributed by atoms with van der Waals surface area (Å²) in [5, 5.41) is 2.81. The van der Waals surface area contributed by atoms with E-state index in [0.29, 0.717) is 30.4 Å². The molecule has 1 aromatic rings. The molecule has 106 valence electrons. The normalized spacial score (nSPS) is 11.5. The lowest BCUT2D eigenvalue weighted by Crippen LogP contribution is -2.45. The minimum absolute atomic E-state index is 0.131. The summed E-state index contributed by atoms with van der Waals surface area (Å²) >= 11 is 0. The summed E-state index contributed by atoms with van der Waals surface area (Å²) in [6.45, 7) is 8.98. The van der Waals surface area contributed by atoms with Gasteiger partial charge in [0.15, 0.2) is 0 Å². The molecule has 0 saturated carbocycles. The Kier molecular flexibility index (Phi) is 5.36. The van der Waals surface area contributed by atoms with Gasteiger partial charge in [0.1, 0.15) is 5.75 Å². The summed E-state index contributed by atoms with van der Waals surface area (Å²) in [6.07, 6.45) is 0. The van der Waals surface area contributed by atoms with Crippen molar-refractivity contribution in [3.8, 4) is 5.75 Å². The number of rotatable bonds is 6. The lowest BCUT2D eigenvalue weighted by atomic mass is 10.1.